The molecule has 0 radical (unpaired) electrons. The van der Waals surface area contributed by atoms with Crippen molar-refractivity contribution in [1.29, 1.82) is 5.26 Å². The Labute approximate surface area is 184 Å². The number of nitrogens with zero attached hydrogens (tertiary/aromatic N) is 1. The van der Waals surface area contributed by atoms with E-state index in [1.54, 1.807) is 0 Å². The normalized spacial score (nSPS) is 11.1. The molecule has 0 aliphatic carbocycles. The Kier molecular flexibility index (Phi) is 6.21. The molecule has 0 saturated carbocycles. The molecule has 0 spiro atoms. The van der Waals surface area contributed by atoms with Gasteiger partial charge in [0.1, 0.15) is 0 Å². The lowest BCUT2D eigenvalue weighted by atomic mass is 10.0. The van der Waals surface area contributed by atoms with Crippen LogP contribution < -0.4 is 0 Å². The fraction of sp³-hybridized carbons (Fsp3) is 0.0333. The minimum absolute atomic E-state index is 0.679. The molecule has 0 aliphatic rings. The predicted octanol–water partition coefficient (Wildman–Crippen LogP) is 7.87. The van der Waals surface area contributed by atoms with Gasteiger partial charge in [-0.3, -0.25) is 0 Å². The minimum atomic E-state index is 0.679. The molecule has 148 valence electrons. The van der Waals surface area contributed by atoms with Crippen LogP contribution in [0.1, 0.15) is 33.4 Å². The van der Waals surface area contributed by atoms with Crippen molar-refractivity contribution in [2.45, 2.75) is 6.92 Å². The predicted molar refractivity (Wildman–Crippen MR) is 132 cm³/mol. The Morgan fingerprint density at radius 2 is 1.00 bits per heavy atom. The summed E-state index contributed by atoms with van der Waals surface area (Å²) in [6.45, 7) is 2.13. The van der Waals surface area contributed by atoms with E-state index in [9.17, 15) is 0 Å². The van der Waals surface area contributed by atoms with Crippen molar-refractivity contribution < 1.29 is 0 Å². The number of nitriles is 1. The second-order valence-corrected chi connectivity index (χ2v) is 7.50. The topological polar surface area (TPSA) is 23.8 Å². The van der Waals surface area contributed by atoms with Gasteiger partial charge in [-0.25, -0.2) is 0 Å². The highest BCUT2D eigenvalue weighted by Crippen LogP contribution is 2.22. The number of benzene rings is 4. The van der Waals surface area contributed by atoms with Crippen LogP contribution >= 0.6 is 0 Å². The molecule has 0 atom stereocenters. The fourth-order valence-corrected chi connectivity index (χ4v) is 3.39. The third kappa shape index (κ3) is 5.26. The zero-order valence-electron chi connectivity index (χ0n) is 17.5. The molecular weight excluding hydrogens is 374 g/mol. The first-order chi connectivity index (χ1) is 15.2. The summed E-state index contributed by atoms with van der Waals surface area (Å²) in [7, 11) is 0. The van der Waals surface area contributed by atoms with E-state index in [0.717, 1.165) is 11.1 Å². The molecule has 31 heavy (non-hydrogen) atoms. The third-order valence-electron chi connectivity index (χ3n) is 5.31. The molecule has 0 unspecified atom stereocenters. The van der Waals surface area contributed by atoms with E-state index in [0.29, 0.717) is 5.56 Å². The van der Waals surface area contributed by atoms with Gasteiger partial charge in [0.25, 0.3) is 0 Å². The minimum Gasteiger partial charge on any atom is -0.192 e. The van der Waals surface area contributed by atoms with E-state index < -0.39 is 0 Å². The molecule has 4 aromatic carbocycles. The highest BCUT2D eigenvalue weighted by Gasteiger charge is 1.98. The lowest BCUT2D eigenvalue weighted by molar-refractivity contribution is 1.45. The fourth-order valence-electron chi connectivity index (χ4n) is 3.39. The smallest absolute Gasteiger partial charge is 0.0991 e. The molecule has 0 N–H and O–H groups in total. The second-order valence-electron chi connectivity index (χ2n) is 7.50. The molecule has 0 fully saturated rings. The molecule has 4 aromatic rings. The molecule has 4 rings (SSSR count). The number of hydrogen-bond acceptors (Lipinski definition) is 1. The first-order valence-corrected chi connectivity index (χ1v) is 10.3. The SMILES string of the molecule is Cc1ccccc1/C=C/c1ccc(-c2ccc(/C=C/c3ccc(C#N)cc3)cc2)cc1. The van der Waals surface area contributed by atoms with Crippen LogP contribution in [0.4, 0.5) is 0 Å². The van der Waals surface area contributed by atoms with Crippen molar-refractivity contribution in [3.8, 4) is 17.2 Å². The Morgan fingerprint density at radius 3 is 1.48 bits per heavy atom. The molecule has 0 heterocycles. The van der Waals surface area contributed by atoms with Crippen molar-refractivity contribution in [1.82, 2.24) is 0 Å². The summed E-state index contributed by atoms with van der Waals surface area (Å²) in [4.78, 5) is 0. The van der Waals surface area contributed by atoms with Crippen LogP contribution in [0.15, 0.2) is 97.1 Å². The third-order valence-corrected chi connectivity index (χ3v) is 5.31. The maximum atomic E-state index is 8.88. The summed E-state index contributed by atoms with van der Waals surface area (Å²) >= 11 is 0. The highest BCUT2D eigenvalue weighted by atomic mass is 14.2. The van der Waals surface area contributed by atoms with Crippen LogP contribution in [0.2, 0.25) is 0 Å². The van der Waals surface area contributed by atoms with Gasteiger partial charge in [0.2, 0.25) is 0 Å². The Balaban J connectivity index is 1.43. The summed E-state index contributed by atoms with van der Waals surface area (Å²) in [5, 5.41) is 8.88. The van der Waals surface area contributed by atoms with Gasteiger partial charge in [-0.2, -0.15) is 5.26 Å². The number of rotatable bonds is 5. The first kappa shape index (κ1) is 20.1. The average molecular weight is 398 g/mol. The molecule has 0 amide bonds. The van der Waals surface area contributed by atoms with E-state index in [1.807, 2.05) is 24.3 Å². The summed E-state index contributed by atoms with van der Waals surface area (Å²) in [5.74, 6) is 0. The number of hydrogen-bond donors (Lipinski definition) is 0. The lowest BCUT2D eigenvalue weighted by Gasteiger charge is -2.04. The van der Waals surface area contributed by atoms with Gasteiger partial charge in [0.05, 0.1) is 11.6 Å². The van der Waals surface area contributed by atoms with Crippen LogP contribution in [0, 0.1) is 18.3 Å². The summed E-state index contributed by atoms with van der Waals surface area (Å²) < 4.78 is 0. The van der Waals surface area contributed by atoms with E-state index >= 15 is 0 Å². The van der Waals surface area contributed by atoms with Crippen molar-refractivity contribution in [2.75, 3.05) is 0 Å². The van der Waals surface area contributed by atoms with Gasteiger partial charge in [0, 0.05) is 0 Å². The quantitative estimate of drug-likeness (QED) is 0.314. The maximum Gasteiger partial charge on any atom is 0.0991 e. The highest BCUT2D eigenvalue weighted by molar-refractivity contribution is 5.74. The zero-order valence-corrected chi connectivity index (χ0v) is 17.5. The van der Waals surface area contributed by atoms with Crippen LogP contribution in [-0.2, 0) is 0 Å². The van der Waals surface area contributed by atoms with Crippen LogP contribution in [0.25, 0.3) is 35.4 Å². The first-order valence-electron chi connectivity index (χ1n) is 10.3. The van der Waals surface area contributed by atoms with E-state index in [-0.39, 0.29) is 0 Å². The van der Waals surface area contributed by atoms with Gasteiger partial charge in [-0.05, 0) is 58.0 Å². The molecule has 0 aromatic heterocycles. The average Bonchev–Trinajstić information content (AvgIpc) is 2.83. The van der Waals surface area contributed by atoms with Gasteiger partial charge in [-0.1, -0.05) is 109 Å². The zero-order chi connectivity index (χ0) is 21.5. The van der Waals surface area contributed by atoms with Crippen molar-refractivity contribution >= 4 is 24.3 Å². The molecular formula is C30H23N. The second kappa shape index (κ2) is 9.57. The van der Waals surface area contributed by atoms with Gasteiger partial charge < -0.3 is 0 Å². The summed E-state index contributed by atoms with van der Waals surface area (Å²) in [6, 6.07) is 35.3. The largest absolute Gasteiger partial charge is 0.192 e. The molecule has 0 saturated heterocycles. The lowest BCUT2D eigenvalue weighted by Crippen LogP contribution is -1.81. The molecule has 1 heteroatoms. The van der Waals surface area contributed by atoms with E-state index in [4.69, 9.17) is 5.26 Å². The van der Waals surface area contributed by atoms with Crippen LogP contribution in [0.5, 0.6) is 0 Å². The van der Waals surface area contributed by atoms with Gasteiger partial charge in [-0.15, -0.1) is 0 Å². The molecule has 0 bridgehead atoms. The Bertz CT molecular complexity index is 1250. The van der Waals surface area contributed by atoms with Gasteiger partial charge in [0.15, 0.2) is 0 Å². The van der Waals surface area contributed by atoms with Crippen molar-refractivity contribution in [3.63, 3.8) is 0 Å². The standard InChI is InChI=1S/C30H23N/c1-23-4-2-3-5-28(23)17-12-26-15-20-30(21-16-26)29-18-13-25(14-19-29)7-6-24-8-10-27(22-31)11-9-24/h2-21H,1H3/b7-6+,17-12+. The van der Waals surface area contributed by atoms with Crippen molar-refractivity contribution in [2.24, 2.45) is 0 Å². The maximum absolute atomic E-state index is 8.88. The monoisotopic (exact) mass is 397 g/mol. The van der Waals surface area contributed by atoms with E-state index in [1.165, 1.54) is 27.8 Å². The Hall–Kier alpha value is -4.15. The molecule has 0 aliphatic heterocycles. The number of aryl methyl sites for hydroxylation is 1. The molecule has 1 nitrogen and oxygen atoms in total. The van der Waals surface area contributed by atoms with Gasteiger partial charge >= 0.3 is 0 Å². The Morgan fingerprint density at radius 1 is 0.548 bits per heavy atom. The van der Waals surface area contributed by atoms with Crippen molar-refractivity contribution in [3.05, 3.63) is 130 Å². The van der Waals surface area contributed by atoms with Crippen LogP contribution in [-0.4, -0.2) is 0 Å². The van der Waals surface area contributed by atoms with E-state index in [2.05, 4.69) is 110 Å². The summed E-state index contributed by atoms with van der Waals surface area (Å²) in [6.07, 6.45) is 8.47. The summed E-state index contributed by atoms with van der Waals surface area (Å²) in [5.41, 5.74) is 9.02. The van der Waals surface area contributed by atoms with Crippen LogP contribution in [0.3, 0.4) is 0 Å².